The van der Waals surface area contributed by atoms with Gasteiger partial charge in [-0.15, -0.1) is 0 Å². The van der Waals surface area contributed by atoms with Crippen molar-refractivity contribution in [3.63, 3.8) is 0 Å². The number of carbonyl (C=O) groups is 1. The Bertz CT molecular complexity index is 485. The highest BCUT2D eigenvalue weighted by atomic mass is 32.2. The lowest BCUT2D eigenvalue weighted by atomic mass is 9.89. The molecule has 4 nitrogen and oxygen atoms in total. The first-order chi connectivity index (χ1) is 11.2. The fourth-order valence-electron chi connectivity index (χ4n) is 2.95. The number of hydrogen-bond acceptors (Lipinski definition) is 5. The van der Waals surface area contributed by atoms with E-state index in [1.54, 1.807) is 0 Å². The summed E-state index contributed by atoms with van der Waals surface area (Å²) < 4.78 is 17.8. The van der Waals surface area contributed by atoms with Crippen LogP contribution in [-0.4, -0.2) is 30.1 Å². The number of benzene rings is 1. The molecule has 1 aromatic rings. The molecule has 0 amide bonds. The van der Waals surface area contributed by atoms with Crippen LogP contribution in [0.15, 0.2) is 30.3 Å². The summed E-state index contributed by atoms with van der Waals surface area (Å²) >= 11 is 1.36. The molecule has 128 valence electrons. The molecule has 1 aliphatic rings. The summed E-state index contributed by atoms with van der Waals surface area (Å²) in [5.41, 5.74) is 0.992. The van der Waals surface area contributed by atoms with E-state index in [1.807, 2.05) is 51.1 Å². The molecule has 1 aromatic carbocycles. The highest BCUT2D eigenvalue weighted by Gasteiger charge is 2.46. The monoisotopic (exact) mass is 338 g/mol. The Hall–Kier alpha value is -0.880. The lowest BCUT2D eigenvalue weighted by Gasteiger charge is -2.43. The van der Waals surface area contributed by atoms with Crippen LogP contribution in [0.5, 0.6) is 0 Å². The van der Waals surface area contributed by atoms with Crippen molar-refractivity contribution >= 4 is 16.9 Å². The smallest absolute Gasteiger partial charge is 0.283 e. The zero-order valence-electron chi connectivity index (χ0n) is 14.1. The molecule has 0 spiro atoms. The summed E-state index contributed by atoms with van der Waals surface area (Å²) in [4.78, 5) is 12.5. The molecule has 0 aromatic heterocycles. The van der Waals surface area contributed by atoms with Crippen LogP contribution >= 0.6 is 11.8 Å². The van der Waals surface area contributed by atoms with Gasteiger partial charge in [0, 0.05) is 19.6 Å². The van der Waals surface area contributed by atoms with E-state index >= 15 is 0 Å². The molecule has 0 aliphatic carbocycles. The molecule has 0 radical (unpaired) electrons. The maximum absolute atomic E-state index is 12.5. The van der Waals surface area contributed by atoms with Crippen molar-refractivity contribution < 1.29 is 19.0 Å². The maximum Gasteiger partial charge on any atom is 0.283 e. The molecule has 1 aliphatic heterocycles. The van der Waals surface area contributed by atoms with Gasteiger partial charge in [-0.2, -0.15) is 0 Å². The van der Waals surface area contributed by atoms with E-state index in [0.29, 0.717) is 26.1 Å². The summed E-state index contributed by atoms with van der Waals surface area (Å²) in [6, 6.07) is 9.88. The van der Waals surface area contributed by atoms with E-state index in [-0.39, 0.29) is 17.1 Å². The Labute approximate surface area is 142 Å². The minimum absolute atomic E-state index is 0.170. The zero-order chi connectivity index (χ0) is 16.7. The molecular formula is C18H26O4S. The van der Waals surface area contributed by atoms with Gasteiger partial charge >= 0.3 is 0 Å². The van der Waals surface area contributed by atoms with Gasteiger partial charge in [0.05, 0.1) is 12.0 Å². The first kappa shape index (κ1) is 18.5. The zero-order valence-corrected chi connectivity index (χ0v) is 14.9. The van der Waals surface area contributed by atoms with Gasteiger partial charge in [-0.3, -0.25) is 4.79 Å². The second-order valence-corrected chi connectivity index (χ2v) is 6.66. The molecule has 2 rings (SSSR count). The first-order valence-electron chi connectivity index (χ1n) is 8.33. The molecular weight excluding hydrogens is 312 g/mol. The van der Waals surface area contributed by atoms with Crippen molar-refractivity contribution in [2.75, 3.05) is 19.0 Å². The predicted octanol–water partition coefficient (Wildman–Crippen LogP) is 4.16. The Kier molecular flexibility index (Phi) is 7.09. The molecule has 23 heavy (non-hydrogen) atoms. The molecule has 2 atom stereocenters. The average molecular weight is 338 g/mol. The van der Waals surface area contributed by atoms with E-state index in [0.717, 1.165) is 11.3 Å². The lowest BCUT2D eigenvalue weighted by molar-refractivity contribution is -0.412. The average Bonchev–Trinajstić information content (AvgIpc) is 2.56. The summed E-state index contributed by atoms with van der Waals surface area (Å²) in [5, 5.41) is 0.183. The molecule has 0 N–H and O–H groups in total. The first-order valence-corrected chi connectivity index (χ1v) is 9.31. The van der Waals surface area contributed by atoms with Crippen molar-refractivity contribution in [2.24, 2.45) is 5.92 Å². The quantitative estimate of drug-likeness (QED) is 0.699. The van der Waals surface area contributed by atoms with Gasteiger partial charge < -0.3 is 14.2 Å². The molecule has 0 unspecified atom stereocenters. The normalized spacial score (nSPS) is 23.6. The molecule has 0 saturated carbocycles. The fraction of sp³-hybridized carbons (Fsp3) is 0.611. The van der Waals surface area contributed by atoms with Gasteiger partial charge in [0.15, 0.2) is 5.12 Å². The fourth-order valence-corrected chi connectivity index (χ4v) is 3.69. The van der Waals surface area contributed by atoms with Crippen molar-refractivity contribution in [1.29, 1.82) is 0 Å². The van der Waals surface area contributed by atoms with Crippen molar-refractivity contribution in [1.82, 2.24) is 0 Å². The SMILES string of the molecule is CCOC1(OCC)CC[C@H](C(=O)SCC)[C@@H](c2ccccc2)O1. The Morgan fingerprint density at radius 2 is 1.87 bits per heavy atom. The van der Waals surface area contributed by atoms with Crippen LogP contribution in [0.1, 0.15) is 45.3 Å². The summed E-state index contributed by atoms with van der Waals surface area (Å²) in [7, 11) is 0. The van der Waals surface area contributed by atoms with Gasteiger partial charge in [-0.1, -0.05) is 49.0 Å². The van der Waals surface area contributed by atoms with Gasteiger partial charge in [0.25, 0.3) is 5.97 Å². The van der Waals surface area contributed by atoms with Gasteiger partial charge in [0.1, 0.15) is 0 Å². The minimum Gasteiger partial charge on any atom is -0.328 e. The third-order valence-electron chi connectivity index (χ3n) is 3.88. The Balaban J connectivity index is 2.28. The standard InChI is InChI=1S/C18H26O4S/c1-4-20-18(21-5-2)13-12-15(17(19)23-6-3)16(22-18)14-10-8-7-9-11-14/h7-11,15-16H,4-6,12-13H2,1-3H3/t15-,16+/m0/s1. The van der Waals surface area contributed by atoms with E-state index < -0.39 is 5.97 Å². The molecule has 0 bridgehead atoms. The van der Waals surface area contributed by atoms with Crippen LogP contribution in [-0.2, 0) is 19.0 Å². The van der Waals surface area contributed by atoms with Crippen LogP contribution in [0.2, 0.25) is 0 Å². The molecule has 1 fully saturated rings. The van der Waals surface area contributed by atoms with Crippen LogP contribution in [0.4, 0.5) is 0 Å². The summed E-state index contributed by atoms with van der Waals surface area (Å²) in [6.45, 7) is 6.85. The number of thioether (sulfide) groups is 1. The molecule has 1 heterocycles. The van der Waals surface area contributed by atoms with Crippen LogP contribution in [0.3, 0.4) is 0 Å². The van der Waals surface area contributed by atoms with E-state index in [9.17, 15) is 4.79 Å². The van der Waals surface area contributed by atoms with Crippen molar-refractivity contribution in [2.45, 2.75) is 45.7 Å². The summed E-state index contributed by atoms with van der Waals surface area (Å²) in [6.07, 6.45) is 0.930. The van der Waals surface area contributed by atoms with Gasteiger partial charge in [-0.25, -0.2) is 0 Å². The topological polar surface area (TPSA) is 44.8 Å². The number of rotatable bonds is 7. The van der Waals surface area contributed by atoms with Crippen LogP contribution < -0.4 is 0 Å². The largest absolute Gasteiger partial charge is 0.328 e. The number of carbonyl (C=O) groups excluding carboxylic acids is 1. The third-order valence-corrected chi connectivity index (χ3v) is 4.76. The third kappa shape index (κ3) is 4.57. The van der Waals surface area contributed by atoms with Crippen LogP contribution in [0, 0.1) is 5.92 Å². The highest BCUT2D eigenvalue weighted by Crippen LogP contribution is 2.44. The van der Waals surface area contributed by atoms with Gasteiger partial charge in [-0.05, 0) is 31.6 Å². The van der Waals surface area contributed by atoms with E-state index in [2.05, 4.69) is 0 Å². The lowest BCUT2D eigenvalue weighted by Crippen LogP contribution is -2.47. The number of ether oxygens (including phenoxy) is 3. The highest BCUT2D eigenvalue weighted by molar-refractivity contribution is 8.13. The van der Waals surface area contributed by atoms with Crippen molar-refractivity contribution in [3.8, 4) is 0 Å². The van der Waals surface area contributed by atoms with Crippen molar-refractivity contribution in [3.05, 3.63) is 35.9 Å². The predicted molar refractivity (Wildman–Crippen MR) is 92.1 cm³/mol. The summed E-state index contributed by atoms with van der Waals surface area (Å²) in [5.74, 6) is -0.437. The van der Waals surface area contributed by atoms with Crippen LogP contribution in [0.25, 0.3) is 0 Å². The molecule has 1 saturated heterocycles. The Morgan fingerprint density at radius 3 is 2.43 bits per heavy atom. The van der Waals surface area contributed by atoms with E-state index in [1.165, 1.54) is 11.8 Å². The second-order valence-electron chi connectivity index (χ2n) is 5.40. The minimum atomic E-state index is -1.04. The van der Waals surface area contributed by atoms with E-state index in [4.69, 9.17) is 14.2 Å². The second kappa shape index (κ2) is 8.83. The Morgan fingerprint density at radius 1 is 1.22 bits per heavy atom. The maximum atomic E-state index is 12.5. The molecule has 5 heteroatoms. The number of hydrogen-bond donors (Lipinski definition) is 0. The van der Waals surface area contributed by atoms with Gasteiger partial charge in [0.2, 0.25) is 0 Å².